The number of hydrogen-bond donors (Lipinski definition) is 1. The van der Waals surface area contributed by atoms with E-state index < -0.39 is 0 Å². The zero-order valence-electron chi connectivity index (χ0n) is 7.14. The fourth-order valence-corrected chi connectivity index (χ4v) is 1.38. The highest BCUT2D eigenvalue weighted by Crippen LogP contribution is 2.16. The smallest absolute Gasteiger partial charge is 0.0707 e. The molecule has 2 N–H and O–H groups in total. The molecule has 0 amide bonds. The van der Waals surface area contributed by atoms with E-state index in [9.17, 15) is 0 Å². The summed E-state index contributed by atoms with van der Waals surface area (Å²) in [5.74, 6) is 0. The summed E-state index contributed by atoms with van der Waals surface area (Å²) in [7, 11) is 0. The molecule has 2 nitrogen and oxygen atoms in total. The van der Waals surface area contributed by atoms with Crippen LogP contribution in [0.3, 0.4) is 0 Å². The Morgan fingerprint density at radius 3 is 2.92 bits per heavy atom. The molecule has 0 aliphatic carbocycles. The van der Waals surface area contributed by atoms with E-state index in [2.05, 4.69) is 4.98 Å². The van der Waals surface area contributed by atoms with E-state index in [0.29, 0.717) is 0 Å². The number of nitrogens with zero attached hydrogens (tertiary/aromatic N) is 1. The molecular weight excluding hydrogens is 160 g/mol. The van der Waals surface area contributed by atoms with Gasteiger partial charge in [0.15, 0.2) is 0 Å². The summed E-state index contributed by atoms with van der Waals surface area (Å²) in [6.07, 6.45) is 5.21. The van der Waals surface area contributed by atoms with Crippen molar-refractivity contribution in [1.29, 1.82) is 0 Å². The molecule has 2 aromatic rings. The SMILES string of the molecule is NC=Cc1cccc2ncccc12. The third-order valence-corrected chi connectivity index (χ3v) is 1.96. The summed E-state index contributed by atoms with van der Waals surface area (Å²) in [5.41, 5.74) is 7.45. The average Bonchev–Trinajstić information content (AvgIpc) is 2.19. The molecular formula is C11H10N2. The maximum atomic E-state index is 5.35. The van der Waals surface area contributed by atoms with Gasteiger partial charge in [-0.25, -0.2) is 0 Å². The Morgan fingerprint density at radius 1 is 1.15 bits per heavy atom. The molecule has 0 atom stereocenters. The third kappa shape index (κ3) is 1.38. The Hall–Kier alpha value is -1.83. The lowest BCUT2D eigenvalue weighted by Gasteiger charge is -1.99. The second-order valence-corrected chi connectivity index (χ2v) is 2.78. The number of rotatable bonds is 1. The Morgan fingerprint density at radius 2 is 2.08 bits per heavy atom. The molecule has 1 aromatic heterocycles. The number of nitrogens with two attached hydrogens (primary N) is 1. The molecule has 0 radical (unpaired) electrons. The lowest BCUT2D eigenvalue weighted by molar-refractivity contribution is 1.41. The van der Waals surface area contributed by atoms with Crippen molar-refractivity contribution in [2.24, 2.45) is 5.73 Å². The largest absolute Gasteiger partial charge is 0.405 e. The maximum Gasteiger partial charge on any atom is 0.0707 e. The van der Waals surface area contributed by atoms with Gasteiger partial charge in [0.05, 0.1) is 5.52 Å². The second kappa shape index (κ2) is 3.27. The summed E-state index contributed by atoms with van der Waals surface area (Å²) >= 11 is 0. The predicted molar refractivity (Wildman–Crippen MR) is 55.0 cm³/mol. The lowest BCUT2D eigenvalue weighted by Crippen LogP contribution is -1.82. The minimum absolute atomic E-state index is 0.998. The van der Waals surface area contributed by atoms with Crippen LogP contribution in [0.15, 0.2) is 42.7 Å². The summed E-state index contributed by atoms with van der Waals surface area (Å²) < 4.78 is 0. The zero-order chi connectivity index (χ0) is 9.10. The topological polar surface area (TPSA) is 38.9 Å². The van der Waals surface area contributed by atoms with Gasteiger partial charge < -0.3 is 5.73 Å². The van der Waals surface area contributed by atoms with Crippen LogP contribution >= 0.6 is 0 Å². The van der Waals surface area contributed by atoms with Crippen molar-refractivity contribution in [1.82, 2.24) is 4.98 Å². The van der Waals surface area contributed by atoms with Crippen LogP contribution < -0.4 is 5.73 Å². The Bertz CT molecular complexity index is 441. The van der Waals surface area contributed by atoms with Gasteiger partial charge in [-0.15, -0.1) is 0 Å². The molecule has 0 saturated heterocycles. The van der Waals surface area contributed by atoms with Gasteiger partial charge in [-0.1, -0.05) is 18.2 Å². The van der Waals surface area contributed by atoms with Crippen molar-refractivity contribution in [2.45, 2.75) is 0 Å². The molecule has 0 saturated carbocycles. The van der Waals surface area contributed by atoms with E-state index >= 15 is 0 Å². The third-order valence-electron chi connectivity index (χ3n) is 1.96. The van der Waals surface area contributed by atoms with Crippen molar-refractivity contribution in [3.8, 4) is 0 Å². The molecule has 0 spiro atoms. The van der Waals surface area contributed by atoms with Crippen molar-refractivity contribution in [3.05, 3.63) is 48.3 Å². The monoisotopic (exact) mass is 170 g/mol. The predicted octanol–water partition coefficient (Wildman–Crippen LogP) is 2.16. The van der Waals surface area contributed by atoms with Gasteiger partial charge in [0.25, 0.3) is 0 Å². The number of fused-ring (bicyclic) bond motifs is 1. The lowest BCUT2D eigenvalue weighted by atomic mass is 10.1. The van der Waals surface area contributed by atoms with Gasteiger partial charge >= 0.3 is 0 Å². The number of aromatic nitrogens is 1. The first-order valence-corrected chi connectivity index (χ1v) is 4.14. The van der Waals surface area contributed by atoms with Gasteiger partial charge in [-0.05, 0) is 30.0 Å². The standard InChI is InChI=1S/C11H10N2/c12-7-6-9-3-1-5-11-10(9)4-2-8-13-11/h1-8H,12H2. The second-order valence-electron chi connectivity index (χ2n) is 2.78. The summed E-state index contributed by atoms with van der Waals surface area (Å²) in [6.45, 7) is 0. The first-order chi connectivity index (χ1) is 6.42. The van der Waals surface area contributed by atoms with Crippen LogP contribution in [0, 0.1) is 0 Å². The molecule has 2 heteroatoms. The summed E-state index contributed by atoms with van der Waals surface area (Å²) in [6, 6.07) is 9.95. The Balaban J connectivity index is 2.75. The van der Waals surface area contributed by atoms with Crippen LogP contribution in [-0.4, -0.2) is 4.98 Å². The number of pyridine rings is 1. The molecule has 0 unspecified atom stereocenters. The van der Waals surface area contributed by atoms with Crippen LogP contribution in [0.5, 0.6) is 0 Å². The van der Waals surface area contributed by atoms with E-state index in [1.165, 1.54) is 0 Å². The molecule has 0 bridgehead atoms. The molecule has 1 aromatic carbocycles. The highest BCUT2D eigenvalue weighted by Gasteiger charge is 1.95. The molecule has 0 aliphatic rings. The van der Waals surface area contributed by atoms with Crippen LogP contribution in [0.1, 0.15) is 5.56 Å². The highest BCUT2D eigenvalue weighted by molar-refractivity contribution is 5.87. The van der Waals surface area contributed by atoms with Crippen molar-refractivity contribution < 1.29 is 0 Å². The average molecular weight is 170 g/mol. The quantitative estimate of drug-likeness (QED) is 0.712. The van der Waals surface area contributed by atoms with Crippen LogP contribution in [0.25, 0.3) is 17.0 Å². The molecule has 0 fully saturated rings. The van der Waals surface area contributed by atoms with E-state index in [1.54, 1.807) is 12.4 Å². The molecule has 2 rings (SSSR count). The van der Waals surface area contributed by atoms with Crippen LogP contribution in [0.4, 0.5) is 0 Å². The van der Waals surface area contributed by atoms with Gasteiger partial charge in [0, 0.05) is 11.6 Å². The minimum atomic E-state index is 0.998. The molecule has 0 aliphatic heterocycles. The van der Waals surface area contributed by atoms with Gasteiger partial charge in [-0.2, -0.15) is 0 Å². The van der Waals surface area contributed by atoms with E-state index in [4.69, 9.17) is 5.73 Å². The van der Waals surface area contributed by atoms with E-state index in [1.807, 2.05) is 36.4 Å². The van der Waals surface area contributed by atoms with E-state index in [0.717, 1.165) is 16.5 Å². The van der Waals surface area contributed by atoms with Crippen LogP contribution in [0.2, 0.25) is 0 Å². The number of hydrogen-bond acceptors (Lipinski definition) is 2. The van der Waals surface area contributed by atoms with Crippen molar-refractivity contribution in [3.63, 3.8) is 0 Å². The Kier molecular flexibility index (Phi) is 1.96. The van der Waals surface area contributed by atoms with Crippen molar-refractivity contribution >= 4 is 17.0 Å². The maximum absolute atomic E-state index is 5.35. The fraction of sp³-hybridized carbons (Fsp3) is 0. The van der Waals surface area contributed by atoms with Crippen molar-refractivity contribution in [2.75, 3.05) is 0 Å². The Labute approximate surface area is 76.7 Å². The highest BCUT2D eigenvalue weighted by atomic mass is 14.6. The zero-order valence-corrected chi connectivity index (χ0v) is 7.14. The summed E-state index contributed by atoms with van der Waals surface area (Å²) in [5, 5.41) is 1.13. The van der Waals surface area contributed by atoms with E-state index in [-0.39, 0.29) is 0 Å². The normalized spacial score (nSPS) is 11.1. The molecule has 13 heavy (non-hydrogen) atoms. The first kappa shape index (κ1) is 7.80. The first-order valence-electron chi connectivity index (χ1n) is 4.14. The number of benzene rings is 1. The summed E-state index contributed by atoms with van der Waals surface area (Å²) in [4.78, 5) is 4.25. The van der Waals surface area contributed by atoms with Gasteiger partial charge in [0.1, 0.15) is 0 Å². The molecule has 1 heterocycles. The van der Waals surface area contributed by atoms with Gasteiger partial charge in [-0.3, -0.25) is 4.98 Å². The minimum Gasteiger partial charge on any atom is -0.405 e. The van der Waals surface area contributed by atoms with Crippen LogP contribution in [-0.2, 0) is 0 Å². The van der Waals surface area contributed by atoms with Gasteiger partial charge in [0.2, 0.25) is 0 Å². The molecule has 64 valence electrons. The fourth-order valence-electron chi connectivity index (χ4n) is 1.38.